The fraction of sp³-hybridized carbons (Fsp3) is 0.143. The highest BCUT2D eigenvalue weighted by Crippen LogP contribution is 2.19. The van der Waals surface area contributed by atoms with Gasteiger partial charge in [-0.2, -0.15) is 9.67 Å². The third-order valence-corrected chi connectivity index (χ3v) is 5.15. The summed E-state index contributed by atoms with van der Waals surface area (Å²) in [5.74, 6) is 0.686. The zero-order valence-corrected chi connectivity index (χ0v) is 17.2. The molecule has 10 heteroatoms. The Morgan fingerprint density at radius 1 is 1.06 bits per heavy atom. The minimum Gasteiger partial charge on any atom is -0.337 e. The monoisotopic (exact) mass is 433 g/mol. The van der Waals surface area contributed by atoms with E-state index in [-0.39, 0.29) is 23.5 Å². The lowest BCUT2D eigenvalue weighted by atomic mass is 10.1. The van der Waals surface area contributed by atoms with Crippen LogP contribution in [0.25, 0.3) is 28.2 Å². The minimum atomic E-state index is -0.340. The van der Waals surface area contributed by atoms with Crippen LogP contribution in [0.2, 0.25) is 5.02 Å². The van der Waals surface area contributed by atoms with Gasteiger partial charge >= 0.3 is 0 Å². The summed E-state index contributed by atoms with van der Waals surface area (Å²) in [5.41, 5.74) is 2.97. The zero-order valence-electron chi connectivity index (χ0n) is 16.4. The molecule has 0 bridgehead atoms. The summed E-state index contributed by atoms with van der Waals surface area (Å²) < 4.78 is 8.20. The maximum Gasteiger partial charge on any atom is 0.284 e. The quantitative estimate of drug-likeness (QED) is 0.418. The third-order valence-electron chi connectivity index (χ3n) is 4.89. The van der Waals surface area contributed by atoms with Gasteiger partial charge in [-0.3, -0.25) is 9.36 Å². The van der Waals surface area contributed by atoms with Gasteiger partial charge in [0.25, 0.3) is 5.56 Å². The standard InChI is InChI=1S/C21H16ClN7O2/c1-2-13-3-9-16(10-4-13)29-20-18(25-27-29)21(30)28(12-23-20)11-17-24-19(26-31-17)14-5-7-15(22)8-6-14/h3-10,12H,2,11H2,1H3. The van der Waals surface area contributed by atoms with E-state index in [1.807, 2.05) is 24.3 Å². The largest absolute Gasteiger partial charge is 0.337 e. The van der Waals surface area contributed by atoms with Crippen LogP contribution in [0.3, 0.4) is 0 Å². The molecule has 0 aliphatic rings. The maximum absolute atomic E-state index is 12.9. The van der Waals surface area contributed by atoms with Crippen molar-refractivity contribution in [3.05, 3.63) is 81.7 Å². The Morgan fingerprint density at radius 2 is 1.84 bits per heavy atom. The molecule has 3 heterocycles. The van der Waals surface area contributed by atoms with Crippen LogP contribution < -0.4 is 5.56 Å². The van der Waals surface area contributed by atoms with Crippen LogP contribution >= 0.6 is 11.6 Å². The van der Waals surface area contributed by atoms with E-state index >= 15 is 0 Å². The summed E-state index contributed by atoms with van der Waals surface area (Å²) in [7, 11) is 0. The summed E-state index contributed by atoms with van der Waals surface area (Å²) in [6.07, 6.45) is 2.37. The first-order chi connectivity index (χ1) is 15.1. The van der Waals surface area contributed by atoms with Gasteiger partial charge in [0.15, 0.2) is 11.2 Å². The van der Waals surface area contributed by atoms with Gasteiger partial charge in [0.2, 0.25) is 11.7 Å². The van der Waals surface area contributed by atoms with Crippen molar-refractivity contribution in [2.24, 2.45) is 0 Å². The van der Waals surface area contributed by atoms with E-state index in [0.29, 0.717) is 16.5 Å². The second kappa shape index (κ2) is 7.77. The average Bonchev–Trinajstić information content (AvgIpc) is 3.44. The van der Waals surface area contributed by atoms with Gasteiger partial charge in [0, 0.05) is 10.6 Å². The molecule has 2 aromatic carbocycles. The summed E-state index contributed by atoms with van der Waals surface area (Å²) in [5, 5.41) is 12.7. The highest BCUT2D eigenvalue weighted by atomic mass is 35.5. The molecule has 0 fully saturated rings. The molecule has 5 aromatic rings. The molecule has 0 atom stereocenters. The van der Waals surface area contributed by atoms with Crippen LogP contribution in [0.1, 0.15) is 18.4 Å². The Kier molecular flexibility index (Phi) is 4.79. The zero-order chi connectivity index (χ0) is 21.4. The summed E-state index contributed by atoms with van der Waals surface area (Å²) in [6, 6.07) is 15.0. The first-order valence-corrected chi connectivity index (χ1v) is 9.99. The molecule has 3 aromatic heterocycles. The van der Waals surface area contributed by atoms with Crippen molar-refractivity contribution >= 4 is 22.8 Å². The number of hydrogen-bond acceptors (Lipinski definition) is 7. The first-order valence-electron chi connectivity index (χ1n) is 9.61. The van der Waals surface area contributed by atoms with Gasteiger partial charge in [-0.05, 0) is 48.4 Å². The van der Waals surface area contributed by atoms with Gasteiger partial charge in [0.1, 0.15) is 12.9 Å². The number of aromatic nitrogens is 7. The first kappa shape index (κ1) is 19.1. The lowest BCUT2D eigenvalue weighted by Crippen LogP contribution is -2.21. The Morgan fingerprint density at radius 3 is 2.58 bits per heavy atom. The lowest BCUT2D eigenvalue weighted by Gasteiger charge is -2.04. The summed E-state index contributed by atoms with van der Waals surface area (Å²) in [6.45, 7) is 2.16. The van der Waals surface area contributed by atoms with Crippen molar-refractivity contribution in [2.75, 3.05) is 0 Å². The van der Waals surface area contributed by atoms with E-state index in [1.165, 1.54) is 16.5 Å². The fourth-order valence-electron chi connectivity index (χ4n) is 3.18. The van der Waals surface area contributed by atoms with Crippen molar-refractivity contribution in [3.8, 4) is 17.1 Å². The molecule has 0 unspecified atom stereocenters. The van der Waals surface area contributed by atoms with E-state index in [4.69, 9.17) is 16.1 Å². The van der Waals surface area contributed by atoms with Gasteiger partial charge in [-0.1, -0.05) is 41.0 Å². The molecule has 0 saturated heterocycles. The van der Waals surface area contributed by atoms with Crippen LogP contribution in [-0.2, 0) is 13.0 Å². The van der Waals surface area contributed by atoms with Crippen molar-refractivity contribution in [2.45, 2.75) is 19.9 Å². The van der Waals surface area contributed by atoms with Gasteiger partial charge in [-0.15, -0.1) is 5.10 Å². The summed E-state index contributed by atoms with van der Waals surface area (Å²) >= 11 is 5.91. The van der Waals surface area contributed by atoms with Gasteiger partial charge in [-0.25, -0.2) is 4.98 Å². The van der Waals surface area contributed by atoms with Crippen LogP contribution in [0.5, 0.6) is 0 Å². The molecule has 5 rings (SSSR count). The van der Waals surface area contributed by atoms with E-state index in [9.17, 15) is 4.79 Å². The number of benzene rings is 2. The van der Waals surface area contributed by atoms with E-state index < -0.39 is 0 Å². The van der Waals surface area contributed by atoms with Gasteiger partial charge < -0.3 is 4.52 Å². The average molecular weight is 434 g/mol. The third kappa shape index (κ3) is 3.59. The molecule has 0 aliphatic heterocycles. The second-order valence-corrected chi connectivity index (χ2v) is 7.33. The molecule has 31 heavy (non-hydrogen) atoms. The number of fused-ring (bicyclic) bond motifs is 1. The molecule has 9 nitrogen and oxygen atoms in total. The molecule has 0 amide bonds. The number of halogens is 1. The molecule has 0 aliphatic carbocycles. The number of nitrogens with zero attached hydrogens (tertiary/aromatic N) is 7. The Hall–Kier alpha value is -3.85. The number of hydrogen-bond donors (Lipinski definition) is 0. The van der Waals surface area contributed by atoms with Crippen molar-refractivity contribution in [1.29, 1.82) is 0 Å². The van der Waals surface area contributed by atoms with Crippen molar-refractivity contribution in [3.63, 3.8) is 0 Å². The number of rotatable bonds is 5. The topological polar surface area (TPSA) is 105 Å². The lowest BCUT2D eigenvalue weighted by molar-refractivity contribution is 0.369. The molecular formula is C21H16ClN7O2. The fourth-order valence-corrected chi connectivity index (χ4v) is 3.31. The normalized spacial score (nSPS) is 11.3. The highest BCUT2D eigenvalue weighted by Gasteiger charge is 2.16. The molecular weight excluding hydrogens is 418 g/mol. The molecule has 0 spiro atoms. The Labute approximate surface area is 180 Å². The highest BCUT2D eigenvalue weighted by molar-refractivity contribution is 6.30. The van der Waals surface area contributed by atoms with E-state index in [0.717, 1.165) is 17.7 Å². The minimum absolute atomic E-state index is 0.0699. The number of aryl methyl sites for hydroxylation is 1. The molecule has 0 N–H and O–H groups in total. The predicted octanol–water partition coefficient (Wildman–Crippen LogP) is 3.29. The smallest absolute Gasteiger partial charge is 0.284 e. The van der Waals surface area contributed by atoms with Crippen LogP contribution in [0.15, 0.2) is 64.2 Å². The predicted molar refractivity (Wildman–Crippen MR) is 114 cm³/mol. The Balaban J connectivity index is 1.44. The second-order valence-electron chi connectivity index (χ2n) is 6.89. The van der Waals surface area contributed by atoms with E-state index in [1.54, 1.807) is 28.9 Å². The van der Waals surface area contributed by atoms with Crippen LogP contribution in [-0.4, -0.2) is 34.7 Å². The maximum atomic E-state index is 12.9. The Bertz CT molecular complexity index is 1420. The van der Waals surface area contributed by atoms with Crippen LogP contribution in [0.4, 0.5) is 0 Å². The van der Waals surface area contributed by atoms with Gasteiger partial charge in [0.05, 0.1) is 5.69 Å². The van der Waals surface area contributed by atoms with Crippen LogP contribution in [0, 0.1) is 0 Å². The van der Waals surface area contributed by atoms with Crippen molar-refractivity contribution < 1.29 is 4.52 Å². The molecule has 0 saturated carbocycles. The molecule has 154 valence electrons. The van der Waals surface area contributed by atoms with E-state index in [2.05, 4.69) is 32.4 Å². The SMILES string of the molecule is CCc1ccc(-n2nnc3c(=O)n(Cc4nc(-c5ccc(Cl)cc5)no4)cnc32)cc1. The van der Waals surface area contributed by atoms with Crippen molar-refractivity contribution in [1.82, 2.24) is 34.7 Å². The molecule has 0 radical (unpaired) electrons. The summed E-state index contributed by atoms with van der Waals surface area (Å²) in [4.78, 5) is 21.6.